The van der Waals surface area contributed by atoms with Crippen LogP contribution in [0.2, 0.25) is 5.82 Å². The first kappa shape index (κ1) is 17.1. The lowest BCUT2D eigenvalue weighted by atomic mass is 9.58. The molecule has 0 N–H and O–H groups in total. The van der Waals surface area contributed by atoms with E-state index in [1.54, 1.807) is 9.36 Å². The van der Waals surface area contributed by atoms with Gasteiger partial charge in [0.05, 0.1) is 23.3 Å². The van der Waals surface area contributed by atoms with Crippen LogP contribution in [0.4, 0.5) is 0 Å². The van der Waals surface area contributed by atoms with Crippen molar-refractivity contribution in [2.45, 2.75) is 63.2 Å². The maximum Gasteiger partial charge on any atom is 0.463 e. The van der Waals surface area contributed by atoms with Gasteiger partial charge < -0.3 is 9.31 Å². The molecular weight excluding hydrogens is 345 g/mol. The van der Waals surface area contributed by atoms with Crippen molar-refractivity contribution in [3.63, 3.8) is 0 Å². The van der Waals surface area contributed by atoms with Crippen molar-refractivity contribution in [1.82, 2.24) is 13.9 Å². The van der Waals surface area contributed by atoms with Crippen LogP contribution in [-0.2, 0) is 16.4 Å². The highest BCUT2D eigenvalue weighted by molar-refractivity contribution is 6.47. The molecule has 0 unspecified atom stereocenters. The molecular formula is C19H24BN3O4. The molecule has 7 nitrogen and oxygen atoms in total. The van der Waals surface area contributed by atoms with E-state index in [-0.39, 0.29) is 29.3 Å². The number of aromatic nitrogens is 3. The van der Waals surface area contributed by atoms with Crippen LogP contribution in [0.1, 0.15) is 57.3 Å². The Labute approximate surface area is 157 Å². The molecule has 6 rings (SSSR count). The molecule has 2 bridgehead atoms. The molecule has 3 aliphatic heterocycles. The lowest BCUT2D eigenvalue weighted by molar-refractivity contribution is 0.00578. The fourth-order valence-corrected chi connectivity index (χ4v) is 4.81. The van der Waals surface area contributed by atoms with Gasteiger partial charge in [-0.1, -0.05) is 24.3 Å². The third kappa shape index (κ3) is 2.00. The van der Waals surface area contributed by atoms with Gasteiger partial charge in [0.1, 0.15) is 0 Å². The van der Waals surface area contributed by atoms with Crippen LogP contribution in [0.5, 0.6) is 0 Å². The molecule has 1 aromatic heterocycles. The largest absolute Gasteiger partial charge is 0.463 e. The van der Waals surface area contributed by atoms with Gasteiger partial charge in [0, 0.05) is 12.9 Å². The van der Waals surface area contributed by atoms with E-state index in [2.05, 4.69) is 12.1 Å². The summed E-state index contributed by atoms with van der Waals surface area (Å²) in [5, 5.41) is 0. The van der Waals surface area contributed by atoms with Crippen molar-refractivity contribution in [3.05, 3.63) is 56.4 Å². The van der Waals surface area contributed by atoms with Gasteiger partial charge in [0.2, 0.25) is 0 Å². The minimum atomic E-state index is -0.435. The molecule has 1 aliphatic carbocycles. The second kappa shape index (κ2) is 5.05. The maximum atomic E-state index is 12.9. The Kier molecular flexibility index (Phi) is 3.20. The van der Waals surface area contributed by atoms with E-state index in [9.17, 15) is 9.59 Å². The molecule has 0 amide bonds. The van der Waals surface area contributed by atoms with E-state index < -0.39 is 18.3 Å². The zero-order valence-corrected chi connectivity index (χ0v) is 16.3. The van der Waals surface area contributed by atoms with Gasteiger partial charge in [-0.25, -0.2) is 23.5 Å². The van der Waals surface area contributed by atoms with E-state index in [1.807, 2.05) is 39.8 Å². The van der Waals surface area contributed by atoms with Crippen molar-refractivity contribution in [3.8, 4) is 0 Å². The maximum absolute atomic E-state index is 12.9. The SMILES string of the molecule is Cn1c(=O)n2n(c1=O)[C@@H]1c3ccccc3[C@H]2C[C@H]1B1OC(C)(C)C(C)(C)O1. The molecule has 27 heavy (non-hydrogen) atoms. The molecule has 2 aromatic rings. The van der Waals surface area contributed by atoms with Crippen molar-refractivity contribution in [2.75, 3.05) is 0 Å². The highest BCUT2D eigenvalue weighted by atomic mass is 16.7. The second-order valence-corrected chi connectivity index (χ2v) is 8.93. The van der Waals surface area contributed by atoms with Crippen LogP contribution in [-0.4, -0.2) is 32.3 Å². The van der Waals surface area contributed by atoms with Crippen LogP contribution in [0.25, 0.3) is 0 Å². The average Bonchev–Trinajstić information content (AvgIpc) is 2.99. The van der Waals surface area contributed by atoms with E-state index >= 15 is 0 Å². The molecule has 0 spiro atoms. The van der Waals surface area contributed by atoms with Crippen LogP contribution < -0.4 is 11.4 Å². The summed E-state index contributed by atoms with van der Waals surface area (Å²) in [5.41, 5.74) is 0.774. The van der Waals surface area contributed by atoms with Crippen molar-refractivity contribution < 1.29 is 9.31 Å². The first-order valence-electron chi connectivity index (χ1n) is 9.48. The zero-order valence-electron chi connectivity index (χ0n) is 16.3. The quantitative estimate of drug-likeness (QED) is 0.718. The number of rotatable bonds is 1. The van der Waals surface area contributed by atoms with Crippen LogP contribution >= 0.6 is 0 Å². The monoisotopic (exact) mass is 369 g/mol. The Bertz CT molecular complexity index is 1050. The van der Waals surface area contributed by atoms with E-state index in [4.69, 9.17) is 9.31 Å². The van der Waals surface area contributed by atoms with E-state index in [0.29, 0.717) is 6.42 Å². The molecule has 8 heteroatoms. The molecule has 0 saturated carbocycles. The predicted molar refractivity (Wildman–Crippen MR) is 101 cm³/mol. The Balaban J connectivity index is 1.69. The molecule has 1 fully saturated rings. The van der Waals surface area contributed by atoms with Crippen molar-refractivity contribution >= 4 is 7.12 Å². The Morgan fingerprint density at radius 3 is 2.15 bits per heavy atom. The molecule has 3 atom stereocenters. The fourth-order valence-electron chi connectivity index (χ4n) is 4.81. The Morgan fingerprint density at radius 2 is 1.52 bits per heavy atom. The summed E-state index contributed by atoms with van der Waals surface area (Å²) in [4.78, 5) is 25.6. The summed E-state index contributed by atoms with van der Waals surface area (Å²) in [7, 11) is 1.11. The smallest absolute Gasteiger partial charge is 0.403 e. The third-order valence-corrected chi connectivity index (χ3v) is 6.95. The minimum absolute atomic E-state index is 0.0366. The predicted octanol–water partition coefficient (Wildman–Crippen LogP) is 1.71. The molecule has 142 valence electrons. The molecule has 1 aromatic carbocycles. The second-order valence-electron chi connectivity index (χ2n) is 8.93. The van der Waals surface area contributed by atoms with Crippen LogP contribution in [0.3, 0.4) is 0 Å². The lowest BCUT2D eigenvalue weighted by Gasteiger charge is -2.45. The molecule has 4 aliphatic rings. The van der Waals surface area contributed by atoms with Gasteiger partial charge in [-0.15, -0.1) is 0 Å². The highest BCUT2D eigenvalue weighted by Gasteiger charge is 2.59. The van der Waals surface area contributed by atoms with Crippen molar-refractivity contribution in [1.29, 1.82) is 0 Å². The number of nitrogens with zero attached hydrogens (tertiary/aromatic N) is 3. The summed E-state index contributed by atoms with van der Waals surface area (Å²) in [6.45, 7) is 8.14. The summed E-state index contributed by atoms with van der Waals surface area (Å²) in [6, 6.07) is 7.62. The molecule has 1 saturated heterocycles. The van der Waals surface area contributed by atoms with Gasteiger partial charge in [-0.3, -0.25) is 0 Å². The highest BCUT2D eigenvalue weighted by Crippen LogP contribution is 2.54. The Hall–Kier alpha value is -2.06. The van der Waals surface area contributed by atoms with Crippen LogP contribution in [0.15, 0.2) is 33.9 Å². The lowest BCUT2D eigenvalue weighted by Crippen LogP contribution is -2.49. The number of hydrogen-bond acceptors (Lipinski definition) is 4. The van der Waals surface area contributed by atoms with E-state index in [1.165, 1.54) is 11.6 Å². The fraction of sp³-hybridized carbons (Fsp3) is 0.579. The topological polar surface area (TPSA) is 67.4 Å². The van der Waals surface area contributed by atoms with Gasteiger partial charge >= 0.3 is 18.5 Å². The van der Waals surface area contributed by atoms with Gasteiger partial charge in [-0.2, -0.15) is 0 Å². The van der Waals surface area contributed by atoms with Gasteiger partial charge in [0.15, 0.2) is 0 Å². The zero-order chi connectivity index (χ0) is 19.3. The number of benzene rings is 1. The first-order valence-corrected chi connectivity index (χ1v) is 9.48. The van der Waals surface area contributed by atoms with Crippen LogP contribution in [0, 0.1) is 0 Å². The Morgan fingerprint density at radius 1 is 0.963 bits per heavy atom. The average molecular weight is 369 g/mol. The third-order valence-electron chi connectivity index (χ3n) is 6.95. The minimum Gasteiger partial charge on any atom is -0.403 e. The summed E-state index contributed by atoms with van der Waals surface area (Å²) < 4.78 is 17.1. The summed E-state index contributed by atoms with van der Waals surface area (Å²) in [5.74, 6) is -0.0366. The van der Waals surface area contributed by atoms with Gasteiger partial charge in [-0.05, 0) is 45.2 Å². The van der Waals surface area contributed by atoms with Crippen molar-refractivity contribution in [2.24, 2.45) is 7.05 Å². The number of fused-ring (bicyclic) bond motifs is 1. The summed E-state index contributed by atoms with van der Waals surface area (Å²) >= 11 is 0. The standard InChI is InChI=1S/C19H24BN3O4/c1-18(2)19(3,4)27-20(26-18)13-10-14-11-8-6-7-9-12(11)15(13)23-17(25)21(5)16(24)22(14)23/h6-9,13-15H,10H2,1-5H3/t13-,14-,15-/m1/s1. The van der Waals surface area contributed by atoms with Gasteiger partial charge in [0.25, 0.3) is 0 Å². The summed E-state index contributed by atoms with van der Waals surface area (Å²) in [6.07, 6.45) is 0.710. The van der Waals surface area contributed by atoms with E-state index in [0.717, 1.165) is 11.1 Å². The molecule has 0 radical (unpaired) electrons. The normalized spacial score (nSPS) is 29.7. The first-order chi connectivity index (χ1) is 12.6. The number of hydrogen-bond donors (Lipinski definition) is 0. The molecule has 4 heterocycles.